The molecule has 1 unspecified atom stereocenters. The number of benzene rings is 1. The van der Waals surface area contributed by atoms with Crippen LogP contribution in [0, 0.1) is 0 Å². The molecule has 1 aromatic carbocycles. The van der Waals surface area contributed by atoms with Crippen molar-refractivity contribution in [1.82, 2.24) is 10.2 Å². The van der Waals surface area contributed by atoms with Crippen molar-refractivity contribution in [3.05, 3.63) is 23.8 Å². The van der Waals surface area contributed by atoms with Gasteiger partial charge in [-0.2, -0.15) is 0 Å². The number of amides is 2. The molecule has 21 heavy (non-hydrogen) atoms. The van der Waals surface area contributed by atoms with E-state index in [1.54, 1.807) is 24.0 Å². The number of carbonyl (C=O) groups excluding carboxylic acids is 2. The van der Waals surface area contributed by atoms with Crippen LogP contribution in [0.25, 0.3) is 0 Å². The molecule has 2 rings (SSSR count). The molecule has 1 aliphatic rings. The zero-order valence-corrected chi connectivity index (χ0v) is 12.0. The quantitative estimate of drug-likeness (QED) is 0.670. The van der Waals surface area contributed by atoms with Crippen LogP contribution in [0.1, 0.15) is 17.3 Å². The van der Waals surface area contributed by atoms with Crippen LogP contribution >= 0.6 is 0 Å². The maximum Gasteiger partial charge on any atom is 0.254 e. The van der Waals surface area contributed by atoms with E-state index in [-0.39, 0.29) is 11.8 Å². The second-order valence-corrected chi connectivity index (χ2v) is 4.98. The Morgan fingerprint density at radius 2 is 1.95 bits per heavy atom. The van der Waals surface area contributed by atoms with Gasteiger partial charge in [-0.3, -0.25) is 9.59 Å². The third-order valence-electron chi connectivity index (χ3n) is 3.36. The fourth-order valence-corrected chi connectivity index (χ4v) is 2.18. The normalized spacial score (nSPS) is 16.3. The van der Waals surface area contributed by atoms with Crippen LogP contribution in [0.4, 0.5) is 11.4 Å². The number of carbonyl (C=O) groups is 2. The maximum atomic E-state index is 12.2. The largest absolute Gasteiger partial charge is 0.399 e. The van der Waals surface area contributed by atoms with E-state index < -0.39 is 6.04 Å². The molecule has 1 aliphatic heterocycles. The number of hydrogen-bond donors (Lipinski definition) is 3. The molecule has 0 aromatic heterocycles. The number of nitrogens with one attached hydrogen (secondary N) is 1. The van der Waals surface area contributed by atoms with Crippen LogP contribution in [-0.4, -0.2) is 49.1 Å². The lowest BCUT2D eigenvalue weighted by molar-refractivity contribution is -0.136. The van der Waals surface area contributed by atoms with E-state index in [1.165, 1.54) is 6.07 Å². The predicted octanol–water partition coefficient (Wildman–Crippen LogP) is -0.172. The Hall–Kier alpha value is -2.28. The Kier molecular flexibility index (Phi) is 4.64. The molecule has 0 radical (unpaired) electrons. The van der Waals surface area contributed by atoms with Gasteiger partial charge in [-0.25, -0.2) is 0 Å². The predicted molar refractivity (Wildman–Crippen MR) is 79.6 cm³/mol. The first-order valence-electron chi connectivity index (χ1n) is 6.81. The van der Waals surface area contributed by atoms with Gasteiger partial charge in [0.05, 0.1) is 18.8 Å². The summed E-state index contributed by atoms with van der Waals surface area (Å²) in [6.07, 6.45) is 0. The molecule has 7 nitrogen and oxygen atoms in total. The lowest BCUT2D eigenvalue weighted by atomic mass is 10.1. The standard InChI is InChI=1S/C14H20N4O3/c1-9(14(20)18-4-6-21-7-5-18)17-13(19)11-3-2-10(15)8-12(11)16/h2-3,8-9H,4-7,15-16H2,1H3,(H,17,19). The second-order valence-electron chi connectivity index (χ2n) is 4.98. The van der Waals surface area contributed by atoms with Crippen LogP contribution in [0.15, 0.2) is 18.2 Å². The lowest BCUT2D eigenvalue weighted by Crippen LogP contribution is -2.50. The number of nitrogen functional groups attached to an aromatic ring is 2. The minimum Gasteiger partial charge on any atom is -0.399 e. The van der Waals surface area contributed by atoms with Gasteiger partial charge in [0, 0.05) is 24.5 Å². The van der Waals surface area contributed by atoms with Gasteiger partial charge in [-0.15, -0.1) is 0 Å². The highest BCUT2D eigenvalue weighted by Crippen LogP contribution is 2.15. The SMILES string of the molecule is CC(NC(=O)c1ccc(N)cc1N)C(=O)N1CCOCC1. The first kappa shape index (κ1) is 15.1. The minimum atomic E-state index is -0.618. The molecule has 1 heterocycles. The molecule has 0 aliphatic carbocycles. The second kappa shape index (κ2) is 6.45. The molecule has 5 N–H and O–H groups in total. The van der Waals surface area contributed by atoms with Crippen molar-refractivity contribution in [1.29, 1.82) is 0 Å². The van der Waals surface area contributed by atoms with Gasteiger partial charge in [0.2, 0.25) is 5.91 Å². The van der Waals surface area contributed by atoms with Gasteiger partial charge in [-0.05, 0) is 25.1 Å². The molecule has 1 saturated heterocycles. The van der Waals surface area contributed by atoms with Crippen LogP contribution in [-0.2, 0) is 9.53 Å². The molecular weight excluding hydrogens is 272 g/mol. The monoisotopic (exact) mass is 292 g/mol. The highest BCUT2D eigenvalue weighted by Gasteiger charge is 2.24. The van der Waals surface area contributed by atoms with Crippen molar-refractivity contribution in [2.45, 2.75) is 13.0 Å². The van der Waals surface area contributed by atoms with Gasteiger partial charge in [0.25, 0.3) is 5.91 Å². The highest BCUT2D eigenvalue weighted by molar-refractivity contribution is 6.01. The first-order chi connectivity index (χ1) is 9.99. The molecule has 0 spiro atoms. The van der Waals surface area contributed by atoms with Gasteiger partial charge in [-0.1, -0.05) is 0 Å². The Labute approximate surface area is 123 Å². The Morgan fingerprint density at radius 3 is 2.57 bits per heavy atom. The van der Waals surface area contributed by atoms with Crippen LogP contribution in [0.2, 0.25) is 0 Å². The zero-order chi connectivity index (χ0) is 15.4. The summed E-state index contributed by atoms with van der Waals surface area (Å²) in [5, 5.41) is 2.66. The zero-order valence-electron chi connectivity index (χ0n) is 12.0. The van der Waals surface area contributed by atoms with Crippen LogP contribution in [0.3, 0.4) is 0 Å². The van der Waals surface area contributed by atoms with E-state index in [1.807, 2.05) is 0 Å². The summed E-state index contributed by atoms with van der Waals surface area (Å²) in [4.78, 5) is 26.0. The summed E-state index contributed by atoms with van der Waals surface area (Å²) >= 11 is 0. The van der Waals surface area contributed by atoms with Crippen LogP contribution in [0.5, 0.6) is 0 Å². The summed E-state index contributed by atoms with van der Waals surface area (Å²) in [6.45, 7) is 3.80. The third-order valence-corrected chi connectivity index (χ3v) is 3.36. The summed E-state index contributed by atoms with van der Waals surface area (Å²) in [7, 11) is 0. The summed E-state index contributed by atoms with van der Waals surface area (Å²) in [5.74, 6) is -0.512. The number of nitrogens with zero attached hydrogens (tertiary/aromatic N) is 1. The van der Waals surface area contributed by atoms with Gasteiger partial charge >= 0.3 is 0 Å². The molecule has 0 saturated carbocycles. The number of hydrogen-bond acceptors (Lipinski definition) is 5. The van der Waals surface area contributed by atoms with Gasteiger partial charge in [0.1, 0.15) is 6.04 Å². The topological polar surface area (TPSA) is 111 Å². The molecule has 2 amide bonds. The molecule has 1 fully saturated rings. The third kappa shape index (κ3) is 3.63. The van der Waals surface area contributed by atoms with Crippen molar-refractivity contribution < 1.29 is 14.3 Å². The molecule has 7 heteroatoms. The Balaban J connectivity index is 1.99. The van der Waals surface area contributed by atoms with E-state index in [4.69, 9.17) is 16.2 Å². The van der Waals surface area contributed by atoms with Gasteiger partial charge in [0.15, 0.2) is 0 Å². The number of rotatable bonds is 3. The maximum absolute atomic E-state index is 12.2. The fraction of sp³-hybridized carbons (Fsp3) is 0.429. The summed E-state index contributed by atoms with van der Waals surface area (Å²) in [5.41, 5.74) is 12.4. The van der Waals surface area contributed by atoms with Crippen molar-refractivity contribution in [3.63, 3.8) is 0 Å². The highest BCUT2D eigenvalue weighted by atomic mass is 16.5. The first-order valence-corrected chi connectivity index (χ1v) is 6.81. The molecule has 0 bridgehead atoms. The number of nitrogens with two attached hydrogens (primary N) is 2. The smallest absolute Gasteiger partial charge is 0.254 e. The van der Waals surface area contributed by atoms with Crippen molar-refractivity contribution in [2.75, 3.05) is 37.8 Å². The number of anilines is 2. The van der Waals surface area contributed by atoms with E-state index in [0.717, 1.165) is 0 Å². The Morgan fingerprint density at radius 1 is 1.29 bits per heavy atom. The molecule has 1 aromatic rings. The van der Waals surface area contributed by atoms with Gasteiger partial charge < -0.3 is 26.4 Å². The van der Waals surface area contributed by atoms with E-state index >= 15 is 0 Å². The van der Waals surface area contributed by atoms with E-state index in [0.29, 0.717) is 43.2 Å². The minimum absolute atomic E-state index is 0.124. The van der Waals surface area contributed by atoms with Crippen molar-refractivity contribution in [2.24, 2.45) is 0 Å². The number of morpholine rings is 1. The summed E-state index contributed by atoms with van der Waals surface area (Å²) in [6, 6.07) is 4.04. The molecule has 114 valence electrons. The fourth-order valence-electron chi connectivity index (χ4n) is 2.18. The molecular formula is C14H20N4O3. The van der Waals surface area contributed by atoms with Crippen molar-refractivity contribution >= 4 is 23.2 Å². The average Bonchev–Trinajstić information content (AvgIpc) is 2.47. The lowest BCUT2D eigenvalue weighted by Gasteiger charge is -2.29. The van der Waals surface area contributed by atoms with Crippen molar-refractivity contribution in [3.8, 4) is 0 Å². The Bertz CT molecular complexity index is 541. The molecule has 1 atom stereocenters. The average molecular weight is 292 g/mol. The van der Waals surface area contributed by atoms with Crippen LogP contribution < -0.4 is 16.8 Å². The van der Waals surface area contributed by atoms with E-state index in [9.17, 15) is 9.59 Å². The van der Waals surface area contributed by atoms with E-state index in [2.05, 4.69) is 5.32 Å². The number of ether oxygens (including phenoxy) is 1. The summed E-state index contributed by atoms with van der Waals surface area (Å²) < 4.78 is 5.20.